The number of aromatic nitrogens is 2. The second-order valence-corrected chi connectivity index (χ2v) is 6.36. The van der Waals surface area contributed by atoms with Crippen molar-refractivity contribution in [2.24, 2.45) is 5.92 Å². The highest BCUT2D eigenvalue weighted by molar-refractivity contribution is 9.10. The topological polar surface area (TPSA) is 43.6 Å². The number of nitrogens with zero attached hydrogens (tertiary/aromatic N) is 2. The molecule has 3 rings (SSSR count). The van der Waals surface area contributed by atoms with Gasteiger partial charge >= 0.3 is 5.97 Å². The van der Waals surface area contributed by atoms with Crippen LogP contribution in [-0.2, 0) is 9.53 Å². The van der Waals surface area contributed by atoms with Crippen molar-refractivity contribution in [2.45, 2.75) is 31.1 Å². The molecular weight excluding hydrogens is 358 g/mol. The van der Waals surface area contributed by atoms with E-state index in [0.717, 1.165) is 9.99 Å². The Bertz CT molecular complexity index is 717. The zero-order chi connectivity index (χ0) is 15.9. The van der Waals surface area contributed by atoms with Crippen LogP contribution in [0.5, 0.6) is 0 Å². The summed E-state index contributed by atoms with van der Waals surface area (Å²) in [5, 5.41) is 4.47. The van der Waals surface area contributed by atoms with E-state index in [-0.39, 0.29) is 18.8 Å². The first-order valence-electron chi connectivity index (χ1n) is 7.01. The van der Waals surface area contributed by atoms with E-state index in [1.807, 2.05) is 18.2 Å². The first-order valence-corrected chi connectivity index (χ1v) is 7.80. The maximum absolute atomic E-state index is 13.7. The van der Waals surface area contributed by atoms with Crippen LogP contribution in [0.4, 0.5) is 8.78 Å². The van der Waals surface area contributed by atoms with Crippen LogP contribution in [0.25, 0.3) is 5.52 Å². The predicted octanol–water partition coefficient (Wildman–Crippen LogP) is 3.79. The van der Waals surface area contributed by atoms with Crippen LogP contribution < -0.4 is 0 Å². The molecule has 4 nitrogen and oxygen atoms in total. The summed E-state index contributed by atoms with van der Waals surface area (Å²) >= 11 is 3.49. The first-order chi connectivity index (χ1) is 10.4. The lowest BCUT2D eigenvalue weighted by atomic mass is 9.75. The van der Waals surface area contributed by atoms with Crippen LogP contribution >= 0.6 is 15.9 Å². The smallest absolute Gasteiger partial charge is 0.309 e. The molecule has 0 saturated heterocycles. The zero-order valence-corrected chi connectivity index (χ0v) is 13.5. The van der Waals surface area contributed by atoms with Crippen LogP contribution in [0, 0.1) is 5.92 Å². The maximum atomic E-state index is 13.7. The third kappa shape index (κ3) is 2.62. The summed E-state index contributed by atoms with van der Waals surface area (Å²) < 4.78 is 34.6. The SMILES string of the molecule is COC(=O)[C@@H]1CC(F)(F)CC[C@H]1c1nn2ccccc2c1Br. The number of ether oxygens (including phenoxy) is 1. The van der Waals surface area contributed by atoms with E-state index < -0.39 is 24.2 Å². The number of carbonyl (C=O) groups excluding carboxylic acids is 1. The molecule has 118 valence electrons. The number of hydrogen-bond donors (Lipinski definition) is 0. The van der Waals surface area contributed by atoms with Crippen molar-refractivity contribution in [1.29, 1.82) is 0 Å². The molecule has 0 radical (unpaired) electrons. The average molecular weight is 373 g/mol. The van der Waals surface area contributed by atoms with Gasteiger partial charge in [0.05, 0.1) is 28.7 Å². The van der Waals surface area contributed by atoms with Gasteiger partial charge in [-0.25, -0.2) is 13.3 Å². The van der Waals surface area contributed by atoms with Gasteiger partial charge in [-0.05, 0) is 34.5 Å². The van der Waals surface area contributed by atoms with Gasteiger partial charge in [-0.2, -0.15) is 5.10 Å². The molecule has 1 fully saturated rings. The Labute approximate surface area is 134 Å². The number of halogens is 3. The number of fused-ring (bicyclic) bond motifs is 1. The monoisotopic (exact) mass is 372 g/mol. The average Bonchev–Trinajstić information content (AvgIpc) is 2.83. The fourth-order valence-electron chi connectivity index (χ4n) is 3.08. The molecule has 7 heteroatoms. The molecule has 0 bridgehead atoms. The minimum atomic E-state index is -2.83. The van der Waals surface area contributed by atoms with E-state index in [1.54, 1.807) is 10.7 Å². The highest BCUT2D eigenvalue weighted by Gasteiger charge is 2.47. The number of alkyl halides is 2. The lowest BCUT2D eigenvalue weighted by molar-refractivity contribution is -0.154. The maximum Gasteiger partial charge on any atom is 0.309 e. The van der Waals surface area contributed by atoms with Crippen LogP contribution in [0.3, 0.4) is 0 Å². The van der Waals surface area contributed by atoms with Crippen molar-refractivity contribution in [3.8, 4) is 0 Å². The normalized spacial score (nSPS) is 24.4. The molecule has 2 aromatic heterocycles. The number of esters is 1. The number of methoxy groups -OCH3 is 1. The summed E-state index contributed by atoms with van der Waals surface area (Å²) in [6, 6.07) is 5.59. The highest BCUT2D eigenvalue weighted by Crippen LogP contribution is 2.47. The summed E-state index contributed by atoms with van der Waals surface area (Å²) in [4.78, 5) is 12.0. The molecule has 0 aromatic carbocycles. The summed E-state index contributed by atoms with van der Waals surface area (Å²) in [7, 11) is 1.23. The van der Waals surface area contributed by atoms with Crippen molar-refractivity contribution in [3.63, 3.8) is 0 Å². The Morgan fingerprint density at radius 1 is 1.50 bits per heavy atom. The van der Waals surface area contributed by atoms with Crippen LogP contribution in [0.15, 0.2) is 28.9 Å². The van der Waals surface area contributed by atoms with Crippen LogP contribution in [0.2, 0.25) is 0 Å². The van der Waals surface area contributed by atoms with Gasteiger partial charge in [-0.1, -0.05) is 6.07 Å². The van der Waals surface area contributed by atoms with Gasteiger partial charge in [0.2, 0.25) is 5.92 Å². The Morgan fingerprint density at radius 3 is 2.95 bits per heavy atom. The zero-order valence-electron chi connectivity index (χ0n) is 11.9. The minimum absolute atomic E-state index is 0.204. The fourth-order valence-corrected chi connectivity index (χ4v) is 3.77. The van der Waals surface area contributed by atoms with Gasteiger partial charge in [0, 0.05) is 25.0 Å². The Hall–Kier alpha value is -1.50. The quantitative estimate of drug-likeness (QED) is 0.753. The van der Waals surface area contributed by atoms with Crippen molar-refractivity contribution < 1.29 is 18.3 Å². The molecule has 1 saturated carbocycles. The number of rotatable bonds is 2. The predicted molar refractivity (Wildman–Crippen MR) is 79.9 cm³/mol. The van der Waals surface area contributed by atoms with E-state index in [9.17, 15) is 13.6 Å². The molecular formula is C15H15BrF2N2O2. The van der Waals surface area contributed by atoms with E-state index in [0.29, 0.717) is 5.69 Å². The first kappa shape index (κ1) is 15.4. The molecule has 2 aromatic rings. The van der Waals surface area contributed by atoms with Gasteiger partial charge in [0.25, 0.3) is 0 Å². The van der Waals surface area contributed by atoms with Crippen molar-refractivity contribution >= 4 is 27.4 Å². The van der Waals surface area contributed by atoms with Gasteiger partial charge in [0.15, 0.2) is 0 Å². The second kappa shape index (κ2) is 5.61. The third-order valence-electron chi connectivity index (χ3n) is 4.19. The molecule has 0 spiro atoms. The van der Waals surface area contributed by atoms with Gasteiger partial charge in [-0.15, -0.1) is 0 Å². The Balaban J connectivity index is 2.03. The summed E-state index contributed by atoms with van der Waals surface area (Å²) in [5.41, 5.74) is 1.48. The van der Waals surface area contributed by atoms with Crippen molar-refractivity contribution in [2.75, 3.05) is 7.11 Å². The number of hydrogen-bond acceptors (Lipinski definition) is 3. The Kier molecular flexibility index (Phi) is 3.92. The highest BCUT2D eigenvalue weighted by atomic mass is 79.9. The van der Waals surface area contributed by atoms with Gasteiger partial charge in [0.1, 0.15) is 0 Å². The molecule has 2 heterocycles. The van der Waals surface area contributed by atoms with Crippen LogP contribution in [-0.4, -0.2) is 28.6 Å². The van der Waals surface area contributed by atoms with E-state index in [2.05, 4.69) is 21.0 Å². The van der Waals surface area contributed by atoms with Crippen LogP contribution in [0.1, 0.15) is 30.9 Å². The van der Waals surface area contributed by atoms with Gasteiger partial charge in [-0.3, -0.25) is 4.79 Å². The summed E-state index contributed by atoms with van der Waals surface area (Å²) in [5.74, 6) is -4.69. The van der Waals surface area contributed by atoms with E-state index in [1.165, 1.54) is 7.11 Å². The molecule has 0 N–H and O–H groups in total. The van der Waals surface area contributed by atoms with Crippen molar-refractivity contribution in [3.05, 3.63) is 34.6 Å². The lowest BCUT2D eigenvalue weighted by Gasteiger charge is -2.33. The molecule has 2 atom stereocenters. The largest absolute Gasteiger partial charge is 0.469 e. The van der Waals surface area contributed by atoms with Gasteiger partial charge < -0.3 is 4.74 Å². The van der Waals surface area contributed by atoms with E-state index >= 15 is 0 Å². The molecule has 0 unspecified atom stereocenters. The summed E-state index contributed by atoms with van der Waals surface area (Å²) in [6.45, 7) is 0. The second-order valence-electron chi connectivity index (χ2n) is 5.56. The minimum Gasteiger partial charge on any atom is -0.469 e. The summed E-state index contributed by atoms with van der Waals surface area (Å²) in [6.07, 6.45) is 1.25. The third-order valence-corrected chi connectivity index (χ3v) is 5.00. The fraction of sp³-hybridized carbons (Fsp3) is 0.467. The standard InChI is InChI=1S/C15H15BrF2N2O2/c1-22-14(21)10-8-15(17,18)6-5-9(10)13-12(16)11-4-2-3-7-20(11)19-13/h2-4,7,9-10H,5-6,8H2,1H3/t9-,10-/m1/s1. The lowest BCUT2D eigenvalue weighted by Crippen LogP contribution is -2.36. The van der Waals surface area contributed by atoms with E-state index in [4.69, 9.17) is 4.74 Å². The molecule has 1 aliphatic rings. The number of carbonyl (C=O) groups is 1. The number of pyridine rings is 1. The molecule has 1 aliphatic carbocycles. The molecule has 0 aliphatic heterocycles. The van der Waals surface area contributed by atoms with Crippen molar-refractivity contribution in [1.82, 2.24) is 9.61 Å². The Morgan fingerprint density at radius 2 is 2.27 bits per heavy atom. The molecule has 22 heavy (non-hydrogen) atoms. The molecule has 0 amide bonds.